The topological polar surface area (TPSA) is 58.1 Å². The maximum Gasteiger partial charge on any atom is 0.280 e. The van der Waals surface area contributed by atoms with Crippen LogP contribution in [0.4, 0.5) is 4.39 Å². The molecule has 2 aromatic rings. The molecule has 0 aromatic carbocycles. The normalized spacial score (nSPS) is 28.8. The zero-order chi connectivity index (χ0) is 16.7. The smallest absolute Gasteiger partial charge is 0.280 e. The number of nitrogens with zero attached hydrogens (tertiary/aromatic N) is 3. The lowest BCUT2D eigenvalue weighted by Gasteiger charge is -2.49. The zero-order valence-corrected chi connectivity index (χ0v) is 14.2. The molecule has 5 rings (SSSR count). The minimum absolute atomic E-state index is 0.166. The minimum atomic E-state index is -0.542. The van der Waals surface area contributed by atoms with Gasteiger partial charge in [0.15, 0.2) is 5.01 Å². The standard InChI is InChI=1S/C17H19FN4OS/c1-10-14(11-4-7-22(10)8-5-11)21-16(23)17-20-9-13(24-17)12-3-2-6-19-15(12)18/h2-3,6,9-11,14H,4-5,7-8H2,1H3,(H,21,23). The maximum absolute atomic E-state index is 13.8. The predicted molar refractivity (Wildman–Crippen MR) is 90.3 cm³/mol. The molecule has 3 aliphatic rings. The quantitative estimate of drug-likeness (QED) is 0.868. The molecule has 2 aromatic heterocycles. The Morgan fingerprint density at radius 1 is 1.38 bits per heavy atom. The number of nitrogens with one attached hydrogen (secondary N) is 1. The van der Waals surface area contributed by atoms with Gasteiger partial charge in [-0.3, -0.25) is 9.69 Å². The lowest BCUT2D eigenvalue weighted by Crippen LogP contribution is -2.62. The highest BCUT2D eigenvalue weighted by Crippen LogP contribution is 2.33. The molecular formula is C17H19FN4OS. The van der Waals surface area contributed by atoms with Crippen molar-refractivity contribution in [1.82, 2.24) is 20.2 Å². The van der Waals surface area contributed by atoms with Crippen molar-refractivity contribution in [2.45, 2.75) is 31.8 Å². The number of fused-ring (bicyclic) bond motifs is 3. The van der Waals surface area contributed by atoms with Crippen molar-refractivity contribution in [2.24, 2.45) is 5.92 Å². The Balaban J connectivity index is 1.51. The van der Waals surface area contributed by atoms with E-state index in [-0.39, 0.29) is 11.9 Å². The molecule has 0 spiro atoms. The van der Waals surface area contributed by atoms with Crippen LogP contribution in [0.2, 0.25) is 0 Å². The summed E-state index contributed by atoms with van der Waals surface area (Å²) < 4.78 is 13.8. The van der Waals surface area contributed by atoms with Crippen molar-refractivity contribution in [1.29, 1.82) is 0 Å². The average molecular weight is 346 g/mol. The first-order valence-electron chi connectivity index (χ1n) is 8.25. The fraction of sp³-hybridized carbons (Fsp3) is 0.471. The molecule has 126 valence electrons. The van der Waals surface area contributed by atoms with Crippen molar-refractivity contribution in [3.05, 3.63) is 35.5 Å². The summed E-state index contributed by atoms with van der Waals surface area (Å²) in [5.41, 5.74) is 0.380. The van der Waals surface area contributed by atoms with E-state index in [2.05, 4.69) is 27.1 Å². The molecule has 0 aliphatic carbocycles. The summed E-state index contributed by atoms with van der Waals surface area (Å²) in [7, 11) is 0. The van der Waals surface area contributed by atoms with Crippen molar-refractivity contribution in [3.63, 3.8) is 0 Å². The molecule has 2 bridgehead atoms. The number of carbonyl (C=O) groups is 1. The summed E-state index contributed by atoms with van der Waals surface area (Å²) >= 11 is 1.20. The number of pyridine rings is 1. The third-order valence-electron chi connectivity index (χ3n) is 5.20. The van der Waals surface area contributed by atoms with E-state index in [0.29, 0.717) is 27.4 Å². The van der Waals surface area contributed by atoms with Gasteiger partial charge in [-0.1, -0.05) is 0 Å². The van der Waals surface area contributed by atoms with Crippen molar-refractivity contribution in [2.75, 3.05) is 13.1 Å². The molecule has 7 heteroatoms. The Labute approximate surface area is 143 Å². The maximum atomic E-state index is 13.8. The number of rotatable bonds is 3. The van der Waals surface area contributed by atoms with E-state index in [9.17, 15) is 9.18 Å². The first-order valence-corrected chi connectivity index (χ1v) is 9.07. The Hall–Kier alpha value is -1.86. The Bertz CT molecular complexity index is 755. The zero-order valence-electron chi connectivity index (χ0n) is 13.4. The van der Waals surface area contributed by atoms with Gasteiger partial charge in [0.25, 0.3) is 5.91 Å². The van der Waals surface area contributed by atoms with E-state index in [1.165, 1.54) is 17.5 Å². The van der Waals surface area contributed by atoms with Crippen LogP contribution in [0, 0.1) is 11.9 Å². The van der Waals surface area contributed by atoms with Crippen LogP contribution >= 0.6 is 11.3 Å². The predicted octanol–water partition coefficient (Wildman–Crippen LogP) is 2.56. The molecule has 5 heterocycles. The SMILES string of the molecule is CC1C(NC(=O)c2ncc(-c3cccnc3F)s2)C2CCN1CC2. The Morgan fingerprint density at radius 2 is 2.17 bits per heavy atom. The third kappa shape index (κ3) is 2.71. The molecular weight excluding hydrogens is 327 g/mol. The lowest BCUT2D eigenvalue weighted by atomic mass is 9.79. The third-order valence-corrected chi connectivity index (χ3v) is 6.23. The molecule has 1 amide bonds. The first-order chi connectivity index (χ1) is 11.6. The van der Waals surface area contributed by atoms with E-state index >= 15 is 0 Å². The lowest BCUT2D eigenvalue weighted by molar-refractivity contribution is 0.0217. The summed E-state index contributed by atoms with van der Waals surface area (Å²) in [6.07, 6.45) is 5.22. The van der Waals surface area contributed by atoms with Gasteiger partial charge >= 0.3 is 0 Å². The molecule has 2 unspecified atom stereocenters. The van der Waals surface area contributed by atoms with Gasteiger partial charge in [0.1, 0.15) is 0 Å². The van der Waals surface area contributed by atoms with Gasteiger partial charge in [-0.05, 0) is 50.9 Å². The molecule has 3 saturated heterocycles. The summed E-state index contributed by atoms with van der Waals surface area (Å²) in [5.74, 6) is -0.163. The van der Waals surface area contributed by atoms with Crippen molar-refractivity contribution in [3.8, 4) is 10.4 Å². The molecule has 3 fully saturated rings. The van der Waals surface area contributed by atoms with Crippen LogP contribution in [-0.4, -0.2) is 45.9 Å². The van der Waals surface area contributed by atoms with Crippen LogP contribution in [0.15, 0.2) is 24.5 Å². The monoisotopic (exact) mass is 346 g/mol. The summed E-state index contributed by atoms with van der Waals surface area (Å²) in [4.78, 5) is 23.5. The number of carbonyl (C=O) groups excluding carboxylic acids is 1. The van der Waals surface area contributed by atoms with Crippen molar-refractivity contribution < 1.29 is 9.18 Å². The van der Waals surface area contributed by atoms with E-state index in [1.54, 1.807) is 18.3 Å². The average Bonchev–Trinajstić information content (AvgIpc) is 3.09. The van der Waals surface area contributed by atoms with Gasteiger partial charge < -0.3 is 5.32 Å². The second-order valence-corrected chi connectivity index (χ2v) is 7.52. The van der Waals surface area contributed by atoms with E-state index < -0.39 is 5.95 Å². The number of aromatic nitrogens is 2. The molecule has 0 saturated carbocycles. The molecule has 1 N–H and O–H groups in total. The van der Waals surface area contributed by atoms with Crippen molar-refractivity contribution >= 4 is 17.2 Å². The van der Waals surface area contributed by atoms with E-state index in [4.69, 9.17) is 0 Å². The summed E-state index contributed by atoms with van der Waals surface area (Å²) in [5, 5.41) is 3.53. The molecule has 3 aliphatic heterocycles. The molecule has 2 atom stereocenters. The van der Waals surface area contributed by atoms with Gasteiger partial charge in [-0.25, -0.2) is 9.97 Å². The van der Waals surface area contributed by atoms with Gasteiger partial charge in [-0.2, -0.15) is 4.39 Å². The number of thiazole rings is 1. The van der Waals surface area contributed by atoms with Crippen LogP contribution in [0.3, 0.4) is 0 Å². The first kappa shape index (κ1) is 15.7. The molecule has 24 heavy (non-hydrogen) atoms. The number of piperidine rings is 3. The highest BCUT2D eigenvalue weighted by atomic mass is 32.1. The summed E-state index contributed by atoms with van der Waals surface area (Å²) in [6.45, 7) is 4.42. The fourth-order valence-corrected chi connectivity index (χ4v) is 4.66. The highest BCUT2D eigenvalue weighted by Gasteiger charge is 2.40. The minimum Gasteiger partial charge on any atom is -0.345 e. The summed E-state index contributed by atoms with van der Waals surface area (Å²) in [6, 6.07) is 3.85. The Kier molecular flexibility index (Phi) is 4.05. The molecule has 0 radical (unpaired) electrons. The largest absolute Gasteiger partial charge is 0.345 e. The second-order valence-electron chi connectivity index (χ2n) is 6.48. The van der Waals surface area contributed by atoms with Crippen LogP contribution in [0.25, 0.3) is 10.4 Å². The number of halogens is 1. The second kappa shape index (κ2) is 6.22. The molecule has 5 nitrogen and oxygen atoms in total. The van der Waals surface area contributed by atoms with Crippen LogP contribution in [0.1, 0.15) is 29.6 Å². The van der Waals surface area contributed by atoms with Crippen LogP contribution in [0.5, 0.6) is 0 Å². The van der Waals surface area contributed by atoms with Gasteiger partial charge in [0.2, 0.25) is 5.95 Å². The van der Waals surface area contributed by atoms with E-state index in [0.717, 1.165) is 25.9 Å². The number of hydrogen-bond acceptors (Lipinski definition) is 5. The van der Waals surface area contributed by atoms with Crippen LogP contribution < -0.4 is 5.32 Å². The highest BCUT2D eigenvalue weighted by molar-refractivity contribution is 7.16. The van der Waals surface area contributed by atoms with Gasteiger partial charge in [0.05, 0.1) is 4.88 Å². The van der Waals surface area contributed by atoms with E-state index in [1.807, 2.05) is 0 Å². The number of amides is 1. The fourth-order valence-electron chi connectivity index (χ4n) is 3.83. The van der Waals surface area contributed by atoms with Crippen LogP contribution in [-0.2, 0) is 0 Å². The number of hydrogen-bond donors (Lipinski definition) is 1. The van der Waals surface area contributed by atoms with Gasteiger partial charge in [0, 0.05) is 30.0 Å². The Morgan fingerprint density at radius 3 is 2.88 bits per heavy atom. The van der Waals surface area contributed by atoms with Gasteiger partial charge in [-0.15, -0.1) is 11.3 Å².